The van der Waals surface area contributed by atoms with E-state index in [1.54, 1.807) is 0 Å². The predicted octanol–water partition coefficient (Wildman–Crippen LogP) is 2.44. The van der Waals surface area contributed by atoms with Gasteiger partial charge in [-0.15, -0.1) is 11.3 Å². The summed E-state index contributed by atoms with van der Waals surface area (Å²) >= 11 is 1.47. The average Bonchev–Trinajstić information content (AvgIpc) is 2.85. The Morgan fingerprint density at radius 3 is 2.71 bits per heavy atom. The van der Waals surface area contributed by atoms with Gasteiger partial charge in [0.1, 0.15) is 0 Å². The van der Waals surface area contributed by atoms with Crippen LogP contribution in [0, 0.1) is 5.41 Å². The van der Waals surface area contributed by atoms with Gasteiger partial charge in [-0.25, -0.2) is 4.98 Å². The first-order valence-corrected chi connectivity index (χ1v) is 8.47. The van der Waals surface area contributed by atoms with Crippen LogP contribution < -0.4 is 11.1 Å². The molecule has 1 atom stereocenters. The Hall–Kier alpha value is -0.980. The van der Waals surface area contributed by atoms with Crippen LogP contribution in [0.2, 0.25) is 0 Å². The quantitative estimate of drug-likeness (QED) is 0.896. The number of amides is 1. The van der Waals surface area contributed by atoms with Crippen molar-refractivity contribution >= 4 is 22.4 Å². The number of aromatic nitrogens is 1. The van der Waals surface area contributed by atoms with Crippen LogP contribution in [0.5, 0.6) is 0 Å². The summed E-state index contributed by atoms with van der Waals surface area (Å²) in [5.41, 5.74) is 6.73. The third-order valence-corrected chi connectivity index (χ3v) is 4.64. The van der Waals surface area contributed by atoms with Crippen LogP contribution in [0.3, 0.4) is 0 Å². The molecule has 5 nitrogen and oxygen atoms in total. The van der Waals surface area contributed by atoms with Crippen LogP contribution in [-0.4, -0.2) is 34.9 Å². The molecule has 118 valence electrons. The number of nitrogens with zero attached hydrogens (tertiary/aromatic N) is 2. The first-order chi connectivity index (χ1) is 9.86. The Bertz CT molecular complexity index is 474. The maximum atomic E-state index is 12.1. The molecular weight excluding hydrogens is 284 g/mol. The molecule has 1 amide bonds. The van der Waals surface area contributed by atoms with Gasteiger partial charge in [-0.3, -0.25) is 9.69 Å². The summed E-state index contributed by atoms with van der Waals surface area (Å²) < 4.78 is 0. The first kappa shape index (κ1) is 16.4. The SMILES string of the molecule is CC(C)(C)[C@H](N)C(=O)Nc1nc(CN2CCCCC2)cs1. The number of anilines is 1. The molecule has 3 N–H and O–H groups in total. The summed E-state index contributed by atoms with van der Waals surface area (Å²) in [6.45, 7) is 9.04. The Labute approximate surface area is 130 Å². The molecule has 0 saturated carbocycles. The Morgan fingerprint density at radius 2 is 2.10 bits per heavy atom. The Kier molecular flexibility index (Phi) is 5.35. The van der Waals surface area contributed by atoms with Crippen LogP contribution in [0.25, 0.3) is 0 Å². The predicted molar refractivity (Wildman–Crippen MR) is 87.3 cm³/mol. The van der Waals surface area contributed by atoms with E-state index in [1.165, 1.54) is 30.6 Å². The van der Waals surface area contributed by atoms with Crippen LogP contribution in [0.4, 0.5) is 5.13 Å². The van der Waals surface area contributed by atoms with Crippen LogP contribution in [0.15, 0.2) is 5.38 Å². The number of likely N-dealkylation sites (tertiary alicyclic amines) is 1. The minimum absolute atomic E-state index is 0.165. The van der Waals surface area contributed by atoms with Gasteiger partial charge in [0.15, 0.2) is 5.13 Å². The van der Waals surface area contributed by atoms with Crippen LogP contribution >= 0.6 is 11.3 Å². The normalized spacial score (nSPS) is 18.5. The van der Waals surface area contributed by atoms with Crippen molar-refractivity contribution in [2.24, 2.45) is 11.1 Å². The summed E-state index contributed by atoms with van der Waals surface area (Å²) in [5.74, 6) is -0.165. The number of hydrogen-bond acceptors (Lipinski definition) is 5. The fourth-order valence-electron chi connectivity index (χ4n) is 2.36. The third-order valence-electron chi connectivity index (χ3n) is 3.83. The molecule has 0 spiro atoms. The van der Waals surface area contributed by atoms with Gasteiger partial charge in [-0.2, -0.15) is 0 Å². The summed E-state index contributed by atoms with van der Waals surface area (Å²) in [7, 11) is 0. The number of nitrogens with two attached hydrogens (primary N) is 1. The Balaban J connectivity index is 1.89. The largest absolute Gasteiger partial charge is 0.319 e. The zero-order valence-electron chi connectivity index (χ0n) is 13.2. The highest BCUT2D eigenvalue weighted by atomic mass is 32.1. The molecule has 1 fully saturated rings. The van der Waals surface area contributed by atoms with E-state index in [0.29, 0.717) is 5.13 Å². The molecule has 0 radical (unpaired) electrons. The summed E-state index contributed by atoms with van der Waals surface area (Å²) in [6, 6.07) is -0.535. The lowest BCUT2D eigenvalue weighted by atomic mass is 9.87. The monoisotopic (exact) mass is 310 g/mol. The maximum Gasteiger partial charge on any atom is 0.243 e. The molecule has 6 heteroatoms. The van der Waals surface area contributed by atoms with Crippen LogP contribution in [-0.2, 0) is 11.3 Å². The molecule has 1 saturated heterocycles. The second-order valence-corrected chi connectivity index (χ2v) is 7.67. The molecule has 21 heavy (non-hydrogen) atoms. The maximum absolute atomic E-state index is 12.1. The van der Waals surface area contributed by atoms with Gasteiger partial charge in [0, 0.05) is 11.9 Å². The number of thiazole rings is 1. The van der Waals surface area contributed by atoms with Gasteiger partial charge >= 0.3 is 0 Å². The van der Waals surface area contributed by atoms with E-state index in [4.69, 9.17) is 5.73 Å². The van der Waals surface area contributed by atoms with E-state index >= 15 is 0 Å². The number of rotatable bonds is 4. The number of nitrogens with one attached hydrogen (secondary N) is 1. The smallest absolute Gasteiger partial charge is 0.243 e. The molecule has 1 aromatic rings. The van der Waals surface area contributed by atoms with Gasteiger partial charge in [0.25, 0.3) is 0 Å². The van der Waals surface area contributed by atoms with Gasteiger partial charge < -0.3 is 11.1 Å². The number of carbonyl (C=O) groups excluding carboxylic acids is 1. The van der Waals surface area contributed by atoms with Crippen molar-refractivity contribution < 1.29 is 4.79 Å². The number of hydrogen-bond donors (Lipinski definition) is 2. The third kappa shape index (κ3) is 4.76. The van der Waals surface area contributed by atoms with Gasteiger partial charge in [0.05, 0.1) is 11.7 Å². The van der Waals surface area contributed by atoms with Crippen molar-refractivity contribution in [1.82, 2.24) is 9.88 Å². The minimum Gasteiger partial charge on any atom is -0.319 e. The molecule has 2 heterocycles. The first-order valence-electron chi connectivity index (χ1n) is 7.59. The summed E-state index contributed by atoms with van der Waals surface area (Å²) in [4.78, 5) is 19.0. The van der Waals surface area contributed by atoms with Crippen molar-refractivity contribution in [2.75, 3.05) is 18.4 Å². The van der Waals surface area contributed by atoms with Crippen molar-refractivity contribution in [3.05, 3.63) is 11.1 Å². The molecule has 2 rings (SSSR count). The van der Waals surface area contributed by atoms with E-state index in [-0.39, 0.29) is 11.3 Å². The standard InChI is InChI=1S/C15H26N4OS/c1-15(2,3)12(16)13(20)18-14-17-11(10-21-14)9-19-7-5-4-6-8-19/h10,12H,4-9,16H2,1-3H3,(H,17,18,20)/t12-/m1/s1. The molecular formula is C15H26N4OS. The van der Waals surface area contributed by atoms with Gasteiger partial charge in [0.2, 0.25) is 5.91 Å². The molecule has 1 aromatic heterocycles. The average molecular weight is 310 g/mol. The number of piperidine rings is 1. The van der Waals surface area contributed by atoms with E-state index in [0.717, 1.165) is 25.3 Å². The van der Waals surface area contributed by atoms with Crippen LogP contribution in [0.1, 0.15) is 45.7 Å². The molecule has 0 unspecified atom stereocenters. The second kappa shape index (κ2) is 6.85. The molecule has 1 aliphatic heterocycles. The zero-order chi connectivity index (χ0) is 15.5. The van der Waals surface area contributed by atoms with Gasteiger partial charge in [-0.1, -0.05) is 27.2 Å². The summed E-state index contributed by atoms with van der Waals surface area (Å²) in [6.07, 6.45) is 3.88. The molecule has 0 bridgehead atoms. The lowest BCUT2D eigenvalue weighted by molar-refractivity contribution is -0.119. The Morgan fingerprint density at radius 1 is 1.43 bits per heavy atom. The molecule has 0 aromatic carbocycles. The lowest BCUT2D eigenvalue weighted by Gasteiger charge is -2.25. The lowest BCUT2D eigenvalue weighted by Crippen LogP contribution is -2.45. The van der Waals surface area contributed by atoms with Crippen molar-refractivity contribution in [1.29, 1.82) is 0 Å². The highest BCUT2D eigenvalue weighted by molar-refractivity contribution is 7.13. The van der Waals surface area contributed by atoms with E-state index in [2.05, 4.69) is 15.2 Å². The van der Waals surface area contributed by atoms with Gasteiger partial charge in [-0.05, 0) is 31.3 Å². The molecule has 0 aliphatic carbocycles. The second-order valence-electron chi connectivity index (χ2n) is 6.81. The highest BCUT2D eigenvalue weighted by Crippen LogP contribution is 2.22. The number of carbonyl (C=O) groups is 1. The van der Waals surface area contributed by atoms with E-state index < -0.39 is 6.04 Å². The van der Waals surface area contributed by atoms with Crippen molar-refractivity contribution in [2.45, 2.75) is 52.6 Å². The molecule has 1 aliphatic rings. The minimum atomic E-state index is -0.535. The van der Waals surface area contributed by atoms with Crippen molar-refractivity contribution in [3.63, 3.8) is 0 Å². The van der Waals surface area contributed by atoms with E-state index in [9.17, 15) is 4.79 Å². The van der Waals surface area contributed by atoms with Crippen molar-refractivity contribution in [3.8, 4) is 0 Å². The topological polar surface area (TPSA) is 71.2 Å². The fourth-order valence-corrected chi connectivity index (χ4v) is 3.06. The highest BCUT2D eigenvalue weighted by Gasteiger charge is 2.28. The zero-order valence-corrected chi connectivity index (χ0v) is 14.0. The van der Waals surface area contributed by atoms with E-state index in [1.807, 2.05) is 26.2 Å². The summed E-state index contributed by atoms with van der Waals surface area (Å²) in [5, 5.41) is 5.50. The fraction of sp³-hybridized carbons (Fsp3) is 0.733.